The number of hydrogen-bond acceptors (Lipinski definition) is 2. The van der Waals surface area contributed by atoms with Crippen molar-refractivity contribution in [2.24, 2.45) is 5.73 Å². The zero-order valence-electron chi connectivity index (χ0n) is 11.5. The largest absolute Gasteiger partial charge is 0.326 e. The lowest BCUT2D eigenvalue weighted by Crippen LogP contribution is -1.98. The van der Waals surface area contributed by atoms with Crippen LogP contribution in [0.15, 0.2) is 54.7 Å². The zero-order chi connectivity index (χ0) is 14.8. The molecule has 0 atom stereocenters. The summed E-state index contributed by atoms with van der Waals surface area (Å²) >= 11 is 0. The van der Waals surface area contributed by atoms with E-state index in [1.54, 1.807) is 35.1 Å². The second-order valence-corrected chi connectivity index (χ2v) is 4.67. The molecule has 0 aliphatic heterocycles. The molecule has 0 spiro atoms. The second kappa shape index (κ2) is 6.68. The molecule has 0 amide bonds. The van der Waals surface area contributed by atoms with Gasteiger partial charge in [0.15, 0.2) is 0 Å². The van der Waals surface area contributed by atoms with Gasteiger partial charge in [0.25, 0.3) is 0 Å². The maximum absolute atomic E-state index is 13.5. The summed E-state index contributed by atoms with van der Waals surface area (Å²) in [4.78, 5) is 0. The molecule has 0 aliphatic carbocycles. The van der Waals surface area contributed by atoms with Crippen molar-refractivity contribution in [1.82, 2.24) is 9.78 Å². The predicted molar refractivity (Wildman–Crippen MR) is 84.1 cm³/mol. The molecule has 0 bridgehead atoms. The number of hydrogen-bond donors (Lipinski definition) is 1. The molecule has 2 aromatic carbocycles. The Morgan fingerprint density at radius 3 is 2.36 bits per heavy atom. The lowest BCUT2D eigenvalue weighted by Gasteiger charge is -2.03. The highest BCUT2D eigenvalue weighted by Crippen LogP contribution is 2.21. The van der Waals surface area contributed by atoms with Crippen LogP contribution in [0.3, 0.4) is 0 Å². The van der Waals surface area contributed by atoms with Crippen LogP contribution in [0.4, 0.5) is 8.78 Å². The number of aromatic nitrogens is 2. The van der Waals surface area contributed by atoms with Gasteiger partial charge in [0.05, 0.1) is 11.4 Å². The minimum Gasteiger partial charge on any atom is -0.326 e. The van der Waals surface area contributed by atoms with Crippen molar-refractivity contribution in [3.63, 3.8) is 0 Å². The highest BCUT2D eigenvalue weighted by Gasteiger charge is 2.07. The molecule has 3 nitrogen and oxygen atoms in total. The maximum Gasteiger partial charge on any atom is 0.124 e. The first-order chi connectivity index (χ1) is 10.2. The van der Waals surface area contributed by atoms with Crippen LogP contribution in [0.5, 0.6) is 0 Å². The van der Waals surface area contributed by atoms with Crippen LogP contribution in [0.25, 0.3) is 16.9 Å². The third-order valence-electron chi connectivity index (χ3n) is 3.17. The molecule has 3 aromatic rings. The van der Waals surface area contributed by atoms with Gasteiger partial charge in [-0.3, -0.25) is 0 Å². The van der Waals surface area contributed by atoms with E-state index in [0.717, 1.165) is 5.69 Å². The molecule has 3 rings (SSSR count). The van der Waals surface area contributed by atoms with Crippen molar-refractivity contribution in [2.75, 3.05) is 0 Å². The van der Waals surface area contributed by atoms with E-state index in [4.69, 9.17) is 5.73 Å². The molecule has 6 heteroatoms. The monoisotopic (exact) mass is 321 g/mol. The molecule has 22 heavy (non-hydrogen) atoms. The Morgan fingerprint density at radius 2 is 1.68 bits per heavy atom. The van der Waals surface area contributed by atoms with Crippen molar-refractivity contribution >= 4 is 12.4 Å². The Labute approximate surface area is 132 Å². The fourth-order valence-corrected chi connectivity index (χ4v) is 2.13. The maximum atomic E-state index is 13.5. The van der Waals surface area contributed by atoms with Crippen molar-refractivity contribution in [1.29, 1.82) is 0 Å². The molecule has 1 heterocycles. The first kappa shape index (κ1) is 16.1. The summed E-state index contributed by atoms with van der Waals surface area (Å²) < 4.78 is 28.1. The van der Waals surface area contributed by atoms with Crippen LogP contribution in [-0.4, -0.2) is 9.78 Å². The number of halogens is 3. The van der Waals surface area contributed by atoms with Crippen LogP contribution in [0.1, 0.15) is 5.56 Å². The summed E-state index contributed by atoms with van der Waals surface area (Å²) in [5.41, 5.74) is 8.29. The molecule has 0 saturated carbocycles. The van der Waals surface area contributed by atoms with Crippen LogP contribution < -0.4 is 5.73 Å². The van der Waals surface area contributed by atoms with Crippen LogP contribution in [-0.2, 0) is 6.54 Å². The summed E-state index contributed by atoms with van der Waals surface area (Å²) in [6.45, 7) is 0.267. The first-order valence-corrected chi connectivity index (χ1v) is 6.47. The van der Waals surface area contributed by atoms with Crippen molar-refractivity contribution in [2.45, 2.75) is 6.54 Å². The zero-order valence-corrected chi connectivity index (χ0v) is 12.4. The standard InChI is InChI=1S/C16H13F2N3.ClH/c17-13-1-3-15(4-2-13)21-6-5-16(20-21)12-7-11(10-19)8-14(18)9-12;/h1-9H,10,19H2;1H. The van der Waals surface area contributed by atoms with E-state index < -0.39 is 0 Å². The number of rotatable bonds is 3. The minimum atomic E-state index is -0.343. The van der Waals surface area contributed by atoms with Gasteiger partial charge in [-0.15, -0.1) is 12.4 Å². The Morgan fingerprint density at radius 1 is 0.955 bits per heavy atom. The van der Waals surface area contributed by atoms with Crippen LogP contribution in [0, 0.1) is 11.6 Å². The minimum absolute atomic E-state index is 0. The quantitative estimate of drug-likeness (QED) is 0.799. The van der Waals surface area contributed by atoms with E-state index >= 15 is 0 Å². The lowest BCUT2D eigenvalue weighted by molar-refractivity contribution is 0.625. The third kappa shape index (κ3) is 3.32. The molecular formula is C16H14ClF2N3. The Balaban J connectivity index is 0.00000176. The van der Waals surface area contributed by atoms with E-state index in [-0.39, 0.29) is 30.6 Å². The first-order valence-electron chi connectivity index (χ1n) is 6.47. The second-order valence-electron chi connectivity index (χ2n) is 4.67. The molecule has 0 fully saturated rings. The topological polar surface area (TPSA) is 43.8 Å². The van der Waals surface area contributed by atoms with E-state index in [1.165, 1.54) is 24.3 Å². The number of nitrogens with zero attached hydrogens (tertiary/aromatic N) is 2. The third-order valence-corrected chi connectivity index (χ3v) is 3.17. The van der Waals surface area contributed by atoms with Gasteiger partial charge in [-0.05, 0) is 54.1 Å². The van der Waals surface area contributed by atoms with Crippen LogP contribution >= 0.6 is 12.4 Å². The average Bonchev–Trinajstić information content (AvgIpc) is 2.97. The highest BCUT2D eigenvalue weighted by molar-refractivity contribution is 5.85. The van der Waals surface area contributed by atoms with Crippen LogP contribution in [0.2, 0.25) is 0 Å². The SMILES string of the molecule is Cl.NCc1cc(F)cc(-c2ccn(-c3ccc(F)cc3)n2)c1. The van der Waals surface area contributed by atoms with E-state index in [2.05, 4.69) is 5.10 Å². The smallest absolute Gasteiger partial charge is 0.124 e. The molecule has 0 aliphatic rings. The van der Waals surface area contributed by atoms with E-state index in [9.17, 15) is 8.78 Å². The Hall–Kier alpha value is -2.24. The average molecular weight is 322 g/mol. The molecule has 114 valence electrons. The van der Waals surface area contributed by atoms with Gasteiger partial charge in [0.2, 0.25) is 0 Å². The summed E-state index contributed by atoms with van der Waals surface area (Å²) in [7, 11) is 0. The number of nitrogens with two attached hydrogens (primary N) is 1. The molecule has 0 saturated heterocycles. The molecule has 2 N–H and O–H groups in total. The molecule has 0 unspecified atom stereocenters. The van der Waals surface area contributed by atoms with Crippen molar-refractivity contribution in [3.8, 4) is 16.9 Å². The molecular weight excluding hydrogens is 308 g/mol. The fourth-order valence-electron chi connectivity index (χ4n) is 2.13. The van der Waals surface area contributed by atoms with Gasteiger partial charge in [-0.1, -0.05) is 0 Å². The number of benzene rings is 2. The summed E-state index contributed by atoms with van der Waals surface area (Å²) in [5, 5.41) is 4.38. The summed E-state index contributed by atoms with van der Waals surface area (Å²) in [5.74, 6) is -0.645. The lowest BCUT2D eigenvalue weighted by atomic mass is 10.1. The van der Waals surface area contributed by atoms with E-state index in [0.29, 0.717) is 16.8 Å². The van der Waals surface area contributed by atoms with Gasteiger partial charge >= 0.3 is 0 Å². The fraction of sp³-hybridized carbons (Fsp3) is 0.0625. The molecule has 1 aromatic heterocycles. The summed E-state index contributed by atoms with van der Waals surface area (Å²) in [6.07, 6.45) is 1.75. The van der Waals surface area contributed by atoms with Gasteiger partial charge in [0.1, 0.15) is 11.6 Å². The van der Waals surface area contributed by atoms with Gasteiger partial charge in [-0.25, -0.2) is 13.5 Å². The van der Waals surface area contributed by atoms with Gasteiger partial charge in [0, 0.05) is 18.3 Å². The Bertz CT molecular complexity index is 769. The molecule has 0 radical (unpaired) electrons. The Kier molecular flexibility index (Phi) is 4.90. The predicted octanol–water partition coefficient (Wildman–Crippen LogP) is 3.70. The van der Waals surface area contributed by atoms with E-state index in [1.807, 2.05) is 0 Å². The van der Waals surface area contributed by atoms with Crippen molar-refractivity contribution < 1.29 is 8.78 Å². The van der Waals surface area contributed by atoms with Gasteiger partial charge in [-0.2, -0.15) is 5.10 Å². The normalized spacial score (nSPS) is 10.3. The summed E-state index contributed by atoms with van der Waals surface area (Å²) in [6, 6.07) is 12.4. The highest BCUT2D eigenvalue weighted by atomic mass is 35.5. The van der Waals surface area contributed by atoms with Crippen molar-refractivity contribution in [3.05, 3.63) is 71.9 Å². The van der Waals surface area contributed by atoms with Gasteiger partial charge < -0.3 is 5.73 Å².